The van der Waals surface area contributed by atoms with Gasteiger partial charge in [0.2, 0.25) is 0 Å². The van der Waals surface area contributed by atoms with Crippen LogP contribution < -0.4 is 0 Å². The lowest BCUT2D eigenvalue weighted by atomic mass is 10.1. The number of aliphatic hydroxyl groups excluding tert-OH is 1. The third-order valence-electron chi connectivity index (χ3n) is 4.40. The monoisotopic (exact) mass is 474 g/mol. The van der Waals surface area contributed by atoms with E-state index >= 15 is 0 Å². The van der Waals surface area contributed by atoms with Crippen LogP contribution in [0.25, 0.3) is 0 Å². The van der Waals surface area contributed by atoms with Gasteiger partial charge in [-0.15, -0.1) is 0 Å². The minimum Gasteiger partial charge on any atom is -0.460 e. The molecular weight excluding hydrogens is 432 g/mol. The van der Waals surface area contributed by atoms with Crippen LogP contribution in [-0.4, -0.2) is 88.2 Å². The van der Waals surface area contributed by atoms with E-state index in [0.29, 0.717) is 43.6 Å². The van der Waals surface area contributed by atoms with Crippen LogP contribution in [0.1, 0.15) is 47.0 Å². The highest BCUT2D eigenvalue weighted by Gasteiger charge is 2.18. The Morgan fingerprint density at radius 2 is 1.36 bits per heavy atom. The predicted octanol–water partition coefficient (Wildman–Crippen LogP) is 2.60. The van der Waals surface area contributed by atoms with E-state index in [4.69, 9.17) is 33.5 Å². The maximum atomic E-state index is 11.9. The van der Waals surface area contributed by atoms with Crippen LogP contribution >= 0.6 is 0 Å². The highest BCUT2D eigenvalue weighted by molar-refractivity contribution is 5.87. The van der Waals surface area contributed by atoms with E-state index in [0.717, 1.165) is 0 Å². The zero-order chi connectivity index (χ0) is 25.2. The highest BCUT2D eigenvalue weighted by atomic mass is 16.6. The topological polar surface area (TPSA) is 110 Å². The third-order valence-corrected chi connectivity index (χ3v) is 4.40. The Labute approximate surface area is 198 Å². The summed E-state index contributed by atoms with van der Waals surface area (Å²) in [5, 5.41) is 8.78. The van der Waals surface area contributed by atoms with Gasteiger partial charge in [-0.1, -0.05) is 13.2 Å². The summed E-state index contributed by atoms with van der Waals surface area (Å²) in [4.78, 5) is 23.6. The van der Waals surface area contributed by atoms with Crippen LogP contribution in [0.15, 0.2) is 24.3 Å². The van der Waals surface area contributed by atoms with Crippen molar-refractivity contribution in [2.24, 2.45) is 0 Å². The fourth-order valence-electron chi connectivity index (χ4n) is 2.42. The summed E-state index contributed by atoms with van der Waals surface area (Å²) in [6, 6.07) is 0. The summed E-state index contributed by atoms with van der Waals surface area (Å²) >= 11 is 0. The summed E-state index contributed by atoms with van der Waals surface area (Å²) in [7, 11) is 1.52. The number of methoxy groups -OCH3 is 1. The molecule has 9 heteroatoms. The first-order chi connectivity index (χ1) is 15.6. The summed E-state index contributed by atoms with van der Waals surface area (Å²) in [5.41, 5.74) is 0.705. The minimum atomic E-state index is -0.531. The first-order valence-corrected chi connectivity index (χ1v) is 11.3. The molecule has 0 aromatic heterocycles. The van der Waals surface area contributed by atoms with Crippen LogP contribution in [-0.2, 0) is 38.0 Å². The van der Waals surface area contributed by atoms with Crippen LogP contribution in [0.3, 0.4) is 0 Å². The van der Waals surface area contributed by atoms with E-state index in [1.54, 1.807) is 6.92 Å². The molecule has 0 aliphatic carbocycles. The molecule has 0 bridgehead atoms. The Balaban J connectivity index is 4.08. The van der Waals surface area contributed by atoms with Gasteiger partial charge < -0.3 is 33.5 Å². The number of hydrogen-bond donors (Lipinski definition) is 1. The van der Waals surface area contributed by atoms with E-state index < -0.39 is 18.0 Å². The SMILES string of the molecule is C=C(C)C(=O)OC(COC)COC(C)COC(C)COC(C)COC(=O)C(=C)CCCCO. The van der Waals surface area contributed by atoms with Gasteiger partial charge in [0.15, 0.2) is 0 Å². The number of esters is 2. The number of ether oxygens (including phenoxy) is 6. The highest BCUT2D eigenvalue weighted by Crippen LogP contribution is 2.08. The molecule has 0 fully saturated rings. The van der Waals surface area contributed by atoms with E-state index in [-0.39, 0.29) is 44.7 Å². The summed E-state index contributed by atoms with van der Waals surface area (Å²) < 4.78 is 32.7. The second-order valence-corrected chi connectivity index (χ2v) is 8.08. The van der Waals surface area contributed by atoms with Gasteiger partial charge in [-0.25, -0.2) is 9.59 Å². The molecule has 0 amide bonds. The van der Waals surface area contributed by atoms with Crippen molar-refractivity contribution in [2.45, 2.75) is 71.4 Å². The van der Waals surface area contributed by atoms with Crippen LogP contribution in [0, 0.1) is 0 Å². The average molecular weight is 475 g/mol. The van der Waals surface area contributed by atoms with Crippen molar-refractivity contribution in [1.82, 2.24) is 0 Å². The van der Waals surface area contributed by atoms with Gasteiger partial charge in [-0.05, 0) is 47.0 Å². The largest absolute Gasteiger partial charge is 0.460 e. The molecule has 0 spiro atoms. The summed E-state index contributed by atoms with van der Waals surface area (Å²) in [6.07, 6.45) is 0.573. The van der Waals surface area contributed by atoms with Gasteiger partial charge >= 0.3 is 11.9 Å². The molecule has 0 radical (unpaired) electrons. The Hall–Kier alpha value is -1.78. The smallest absolute Gasteiger partial charge is 0.333 e. The van der Waals surface area contributed by atoms with Crippen LogP contribution in [0.2, 0.25) is 0 Å². The van der Waals surface area contributed by atoms with E-state index in [2.05, 4.69) is 13.2 Å². The fourth-order valence-corrected chi connectivity index (χ4v) is 2.42. The molecule has 4 unspecified atom stereocenters. The van der Waals surface area contributed by atoms with E-state index in [1.165, 1.54) is 7.11 Å². The molecule has 0 aromatic carbocycles. The first-order valence-electron chi connectivity index (χ1n) is 11.3. The van der Waals surface area contributed by atoms with Crippen LogP contribution in [0.5, 0.6) is 0 Å². The van der Waals surface area contributed by atoms with Crippen molar-refractivity contribution in [3.63, 3.8) is 0 Å². The molecule has 0 aliphatic heterocycles. The predicted molar refractivity (Wildman–Crippen MR) is 124 cm³/mol. The molecule has 192 valence electrons. The molecule has 0 saturated carbocycles. The van der Waals surface area contributed by atoms with Crippen molar-refractivity contribution in [3.8, 4) is 0 Å². The van der Waals surface area contributed by atoms with E-state index in [1.807, 2.05) is 20.8 Å². The lowest BCUT2D eigenvalue weighted by Crippen LogP contribution is -2.32. The second-order valence-electron chi connectivity index (χ2n) is 8.08. The van der Waals surface area contributed by atoms with Gasteiger partial charge in [-0.3, -0.25) is 0 Å². The van der Waals surface area contributed by atoms with Crippen molar-refractivity contribution in [2.75, 3.05) is 46.8 Å². The molecule has 33 heavy (non-hydrogen) atoms. The zero-order valence-electron chi connectivity index (χ0n) is 20.8. The van der Waals surface area contributed by atoms with Crippen molar-refractivity contribution < 1.29 is 43.1 Å². The molecule has 0 saturated heterocycles. The molecular formula is C24H42O9. The maximum Gasteiger partial charge on any atom is 0.333 e. The van der Waals surface area contributed by atoms with Crippen molar-refractivity contribution >= 4 is 11.9 Å². The Bertz CT molecular complexity index is 590. The van der Waals surface area contributed by atoms with Crippen molar-refractivity contribution in [1.29, 1.82) is 0 Å². The van der Waals surface area contributed by atoms with Gasteiger partial charge in [0.1, 0.15) is 12.7 Å². The quantitative estimate of drug-likeness (QED) is 0.162. The molecule has 1 N–H and O–H groups in total. The number of carbonyl (C=O) groups excluding carboxylic acids is 2. The Morgan fingerprint density at radius 3 is 1.88 bits per heavy atom. The van der Waals surface area contributed by atoms with Gasteiger partial charge in [0, 0.05) is 24.9 Å². The fraction of sp³-hybridized carbons (Fsp3) is 0.750. The third kappa shape index (κ3) is 16.5. The number of aliphatic hydroxyl groups is 1. The average Bonchev–Trinajstić information content (AvgIpc) is 2.78. The molecule has 0 aliphatic rings. The number of carbonyl (C=O) groups is 2. The normalized spacial score (nSPS) is 14.7. The molecule has 0 aromatic rings. The molecule has 4 atom stereocenters. The number of rotatable bonds is 20. The van der Waals surface area contributed by atoms with Gasteiger partial charge in [0.05, 0.1) is 44.7 Å². The molecule has 9 nitrogen and oxygen atoms in total. The second kappa shape index (κ2) is 18.6. The molecule has 0 heterocycles. The summed E-state index contributed by atoms with van der Waals surface area (Å²) in [6.45, 7) is 15.6. The van der Waals surface area contributed by atoms with Crippen molar-refractivity contribution in [3.05, 3.63) is 24.3 Å². The number of unbranched alkanes of at least 4 members (excludes halogenated alkanes) is 1. The number of hydrogen-bond acceptors (Lipinski definition) is 9. The standard InChI is InChI=1S/C24H42O9/c1-17(2)23(26)33-22(15-28-7)16-31-20(5)13-29-19(4)12-30-21(6)14-32-24(27)18(3)10-8-9-11-25/h19-22,25H,1,3,8-16H2,2,4-7H3. The molecule has 0 rings (SSSR count). The lowest BCUT2D eigenvalue weighted by Gasteiger charge is -2.22. The van der Waals surface area contributed by atoms with E-state index in [9.17, 15) is 9.59 Å². The first kappa shape index (κ1) is 31.2. The lowest BCUT2D eigenvalue weighted by molar-refractivity contribution is -0.153. The van der Waals surface area contributed by atoms with Crippen LogP contribution in [0.4, 0.5) is 0 Å². The van der Waals surface area contributed by atoms with Gasteiger partial charge in [-0.2, -0.15) is 0 Å². The minimum absolute atomic E-state index is 0.0948. The zero-order valence-corrected chi connectivity index (χ0v) is 20.8. The Kier molecular flexibility index (Phi) is 17.6. The Morgan fingerprint density at radius 1 is 0.818 bits per heavy atom. The van der Waals surface area contributed by atoms with Gasteiger partial charge in [0.25, 0.3) is 0 Å². The summed E-state index contributed by atoms with van der Waals surface area (Å²) in [5.74, 6) is -0.930. The maximum absolute atomic E-state index is 11.9.